The number of hydrogen-bond donors (Lipinski definition) is 3. The molecule has 2 unspecified atom stereocenters. The Labute approximate surface area is 157 Å². The highest BCUT2D eigenvalue weighted by Crippen LogP contribution is 2.18. The normalized spacial score (nSPS) is 12.7. The van der Waals surface area contributed by atoms with Crippen molar-refractivity contribution in [1.82, 2.24) is 5.32 Å². The Morgan fingerprint density at radius 1 is 1.04 bits per heavy atom. The van der Waals surface area contributed by atoms with Crippen molar-refractivity contribution in [2.75, 3.05) is 13.7 Å². The van der Waals surface area contributed by atoms with Gasteiger partial charge < -0.3 is 25.0 Å². The Morgan fingerprint density at radius 3 is 2.44 bits per heavy atom. The molecule has 0 bridgehead atoms. The molecule has 2 rings (SSSR count). The molecule has 7 heteroatoms. The number of nitrogens with one attached hydrogen (secondary N) is 1. The predicted octanol–water partition coefficient (Wildman–Crippen LogP) is 1.72. The number of benzene rings is 2. The fourth-order valence-electron chi connectivity index (χ4n) is 2.42. The van der Waals surface area contributed by atoms with Gasteiger partial charge in [0.1, 0.15) is 18.8 Å². The minimum atomic E-state index is -1.23. The van der Waals surface area contributed by atoms with E-state index in [0.717, 1.165) is 5.56 Å². The zero-order chi connectivity index (χ0) is 19.6. The third-order valence-corrected chi connectivity index (χ3v) is 3.90. The summed E-state index contributed by atoms with van der Waals surface area (Å²) in [5.41, 5.74) is 1.93. The summed E-state index contributed by atoms with van der Waals surface area (Å²) in [5, 5.41) is 22.8. The number of esters is 1. The fourth-order valence-corrected chi connectivity index (χ4v) is 2.42. The third-order valence-electron chi connectivity index (χ3n) is 3.90. The summed E-state index contributed by atoms with van der Waals surface area (Å²) >= 11 is 0. The monoisotopic (exact) mass is 373 g/mol. The highest BCUT2D eigenvalue weighted by molar-refractivity contribution is 5.72. The third kappa shape index (κ3) is 6.73. The summed E-state index contributed by atoms with van der Waals surface area (Å²) in [4.78, 5) is 23.1. The minimum Gasteiger partial charge on any atom is -0.469 e. The summed E-state index contributed by atoms with van der Waals surface area (Å²) in [6.07, 6.45) is -3.08. The van der Waals surface area contributed by atoms with Crippen molar-refractivity contribution >= 4 is 12.1 Å². The van der Waals surface area contributed by atoms with Gasteiger partial charge >= 0.3 is 12.1 Å². The summed E-state index contributed by atoms with van der Waals surface area (Å²) in [5.74, 6) is -0.398. The zero-order valence-corrected chi connectivity index (χ0v) is 15.0. The number of alkyl carbamates (subject to hydrolysis) is 1. The first-order valence-electron chi connectivity index (χ1n) is 8.46. The molecule has 0 heterocycles. The van der Waals surface area contributed by atoms with Crippen molar-refractivity contribution in [2.45, 2.75) is 25.2 Å². The molecule has 0 fully saturated rings. The number of aliphatic hydroxyl groups excluding tert-OH is 2. The van der Waals surface area contributed by atoms with E-state index >= 15 is 0 Å². The van der Waals surface area contributed by atoms with Crippen molar-refractivity contribution in [2.24, 2.45) is 0 Å². The molecule has 1 amide bonds. The van der Waals surface area contributed by atoms with Gasteiger partial charge in [0.05, 0.1) is 13.5 Å². The van der Waals surface area contributed by atoms with Gasteiger partial charge in [-0.3, -0.25) is 4.79 Å². The van der Waals surface area contributed by atoms with E-state index in [9.17, 15) is 19.8 Å². The lowest BCUT2D eigenvalue weighted by Gasteiger charge is -2.19. The molecule has 2 atom stereocenters. The van der Waals surface area contributed by atoms with Crippen LogP contribution >= 0.6 is 0 Å². The van der Waals surface area contributed by atoms with E-state index in [4.69, 9.17) is 4.74 Å². The molecule has 0 saturated heterocycles. The zero-order valence-electron chi connectivity index (χ0n) is 15.0. The number of carbonyl (C=O) groups is 2. The van der Waals surface area contributed by atoms with E-state index in [0.29, 0.717) is 11.1 Å². The highest BCUT2D eigenvalue weighted by atomic mass is 16.5. The van der Waals surface area contributed by atoms with Crippen LogP contribution in [0.2, 0.25) is 0 Å². The first-order valence-corrected chi connectivity index (χ1v) is 8.46. The predicted molar refractivity (Wildman–Crippen MR) is 97.8 cm³/mol. The van der Waals surface area contributed by atoms with Crippen molar-refractivity contribution in [3.63, 3.8) is 0 Å². The first kappa shape index (κ1) is 20.4. The molecule has 27 heavy (non-hydrogen) atoms. The van der Waals surface area contributed by atoms with Crippen molar-refractivity contribution in [3.05, 3.63) is 71.3 Å². The molecule has 7 nitrogen and oxygen atoms in total. The van der Waals surface area contributed by atoms with E-state index < -0.39 is 24.3 Å². The Morgan fingerprint density at radius 2 is 1.74 bits per heavy atom. The number of hydrogen-bond acceptors (Lipinski definition) is 6. The SMILES string of the molecule is COC(=O)Cc1cccc(C(O)C(O)CNC(=O)OCc2ccccc2)c1. The van der Waals surface area contributed by atoms with Crippen LogP contribution in [0.1, 0.15) is 22.8 Å². The van der Waals surface area contributed by atoms with E-state index in [2.05, 4.69) is 10.1 Å². The van der Waals surface area contributed by atoms with Crippen molar-refractivity contribution in [1.29, 1.82) is 0 Å². The topological polar surface area (TPSA) is 105 Å². The smallest absolute Gasteiger partial charge is 0.407 e. The molecule has 3 N–H and O–H groups in total. The quantitative estimate of drug-likeness (QED) is 0.609. The largest absolute Gasteiger partial charge is 0.469 e. The summed E-state index contributed by atoms with van der Waals surface area (Å²) in [6, 6.07) is 15.8. The second kappa shape index (κ2) is 10.3. The summed E-state index contributed by atoms with van der Waals surface area (Å²) in [6.45, 7) is -0.0725. The molecular weight excluding hydrogens is 350 g/mol. The number of aliphatic hydroxyl groups is 2. The van der Waals surface area contributed by atoms with E-state index in [1.54, 1.807) is 24.3 Å². The standard InChI is InChI=1S/C20H23NO6/c1-26-18(23)11-15-8-5-9-16(10-15)19(24)17(22)12-21-20(25)27-13-14-6-3-2-4-7-14/h2-10,17,19,22,24H,11-13H2,1H3,(H,21,25). The second-order valence-corrected chi connectivity index (χ2v) is 5.95. The Balaban J connectivity index is 1.82. The van der Waals surface area contributed by atoms with Crippen LogP contribution in [-0.4, -0.2) is 42.0 Å². The molecule has 0 aromatic heterocycles. The van der Waals surface area contributed by atoms with Crippen LogP contribution in [0.3, 0.4) is 0 Å². The molecule has 0 radical (unpaired) electrons. The maximum absolute atomic E-state index is 11.7. The molecule has 0 saturated carbocycles. The van der Waals surface area contributed by atoms with Gasteiger partial charge in [-0.1, -0.05) is 54.6 Å². The second-order valence-electron chi connectivity index (χ2n) is 5.95. The average Bonchev–Trinajstić information content (AvgIpc) is 2.70. The van der Waals surface area contributed by atoms with Crippen LogP contribution in [0.15, 0.2) is 54.6 Å². The lowest BCUT2D eigenvalue weighted by Crippen LogP contribution is -2.35. The molecule has 2 aromatic rings. The lowest BCUT2D eigenvalue weighted by molar-refractivity contribution is -0.139. The molecule has 0 aliphatic rings. The molecule has 2 aromatic carbocycles. The van der Waals surface area contributed by atoms with Crippen molar-refractivity contribution in [3.8, 4) is 0 Å². The van der Waals surface area contributed by atoms with Crippen LogP contribution in [0.4, 0.5) is 4.79 Å². The van der Waals surface area contributed by atoms with Gasteiger partial charge in [0.2, 0.25) is 0 Å². The summed E-state index contributed by atoms with van der Waals surface area (Å²) < 4.78 is 9.65. The van der Waals surface area contributed by atoms with Crippen LogP contribution in [0, 0.1) is 0 Å². The van der Waals surface area contributed by atoms with Crippen LogP contribution in [-0.2, 0) is 27.3 Å². The maximum Gasteiger partial charge on any atom is 0.407 e. The fraction of sp³-hybridized carbons (Fsp3) is 0.300. The Kier molecular flexibility index (Phi) is 7.79. The minimum absolute atomic E-state index is 0.0667. The van der Waals surface area contributed by atoms with Crippen LogP contribution in [0.5, 0.6) is 0 Å². The highest BCUT2D eigenvalue weighted by Gasteiger charge is 2.20. The number of methoxy groups -OCH3 is 1. The first-order chi connectivity index (χ1) is 13.0. The number of ether oxygens (including phenoxy) is 2. The van der Waals surface area contributed by atoms with Crippen LogP contribution in [0.25, 0.3) is 0 Å². The maximum atomic E-state index is 11.7. The van der Waals surface area contributed by atoms with Gasteiger partial charge in [-0.05, 0) is 16.7 Å². The van der Waals surface area contributed by atoms with Gasteiger partial charge in [0.25, 0.3) is 0 Å². The van der Waals surface area contributed by atoms with Gasteiger partial charge in [0, 0.05) is 6.54 Å². The van der Waals surface area contributed by atoms with Crippen LogP contribution < -0.4 is 5.32 Å². The molecule has 0 aliphatic carbocycles. The van der Waals surface area contributed by atoms with E-state index in [1.165, 1.54) is 7.11 Å². The Bertz CT molecular complexity index is 749. The van der Waals surface area contributed by atoms with Crippen molar-refractivity contribution < 1.29 is 29.3 Å². The lowest BCUT2D eigenvalue weighted by atomic mass is 10.0. The van der Waals surface area contributed by atoms with Gasteiger partial charge in [-0.2, -0.15) is 0 Å². The number of carbonyl (C=O) groups excluding carboxylic acids is 2. The number of amides is 1. The summed E-state index contributed by atoms with van der Waals surface area (Å²) in [7, 11) is 1.30. The Hall–Kier alpha value is -2.90. The molecule has 0 aliphatic heterocycles. The van der Waals surface area contributed by atoms with Gasteiger partial charge in [0.15, 0.2) is 0 Å². The van der Waals surface area contributed by atoms with Gasteiger partial charge in [-0.15, -0.1) is 0 Å². The molecule has 0 spiro atoms. The van der Waals surface area contributed by atoms with E-state index in [-0.39, 0.29) is 19.6 Å². The molecule has 144 valence electrons. The average molecular weight is 373 g/mol. The van der Waals surface area contributed by atoms with E-state index in [1.807, 2.05) is 30.3 Å². The molecular formula is C20H23NO6. The van der Waals surface area contributed by atoms with Gasteiger partial charge in [-0.25, -0.2) is 4.79 Å². The number of rotatable bonds is 8.